The second-order valence-electron chi connectivity index (χ2n) is 4.14. The van der Waals surface area contributed by atoms with Gasteiger partial charge < -0.3 is 14.6 Å². The van der Waals surface area contributed by atoms with Gasteiger partial charge in [0.15, 0.2) is 6.29 Å². The Balaban J connectivity index is 1.84. The molecule has 0 aliphatic carbocycles. The van der Waals surface area contributed by atoms with E-state index in [9.17, 15) is 9.50 Å². The molecule has 0 amide bonds. The lowest BCUT2D eigenvalue weighted by atomic mass is 10.0. The Morgan fingerprint density at radius 2 is 2.00 bits per heavy atom. The number of ether oxygens (including phenoxy) is 2. The van der Waals surface area contributed by atoms with E-state index in [1.54, 1.807) is 18.2 Å². The van der Waals surface area contributed by atoms with Gasteiger partial charge >= 0.3 is 0 Å². The average molecular weight is 240 g/mol. The minimum atomic E-state index is -0.801. The van der Waals surface area contributed by atoms with E-state index >= 15 is 0 Å². The minimum absolute atomic E-state index is 0.259. The van der Waals surface area contributed by atoms with Crippen molar-refractivity contribution >= 4 is 0 Å². The van der Waals surface area contributed by atoms with Crippen LogP contribution in [0.3, 0.4) is 0 Å². The van der Waals surface area contributed by atoms with Gasteiger partial charge in [-0.15, -0.1) is 0 Å². The van der Waals surface area contributed by atoms with Crippen LogP contribution in [0.15, 0.2) is 24.3 Å². The Kier molecular flexibility index (Phi) is 4.48. The predicted molar refractivity (Wildman–Crippen MR) is 60.9 cm³/mol. The van der Waals surface area contributed by atoms with Crippen LogP contribution in [0.4, 0.5) is 4.39 Å². The second kappa shape index (κ2) is 6.10. The summed E-state index contributed by atoms with van der Waals surface area (Å²) in [6, 6.07) is 6.28. The Morgan fingerprint density at radius 1 is 1.29 bits per heavy atom. The van der Waals surface area contributed by atoms with Crippen molar-refractivity contribution in [2.75, 3.05) is 13.2 Å². The molecule has 3 nitrogen and oxygen atoms in total. The Labute approximate surface area is 100 Å². The van der Waals surface area contributed by atoms with Crippen LogP contribution in [0.25, 0.3) is 0 Å². The zero-order valence-corrected chi connectivity index (χ0v) is 9.64. The summed E-state index contributed by atoms with van der Waals surface area (Å²) in [7, 11) is 0. The van der Waals surface area contributed by atoms with Crippen LogP contribution in [0.1, 0.15) is 30.9 Å². The molecular formula is C13H17FO3. The Morgan fingerprint density at radius 3 is 2.71 bits per heavy atom. The Hall–Kier alpha value is -0.970. The van der Waals surface area contributed by atoms with E-state index in [1.807, 2.05) is 0 Å². The van der Waals surface area contributed by atoms with Crippen LogP contribution in [-0.4, -0.2) is 24.6 Å². The summed E-state index contributed by atoms with van der Waals surface area (Å²) in [5.41, 5.74) is 0.336. The molecule has 4 heteroatoms. The van der Waals surface area contributed by atoms with Gasteiger partial charge in [-0.05, 0) is 18.9 Å². The molecule has 1 atom stereocenters. The third kappa shape index (κ3) is 3.49. The van der Waals surface area contributed by atoms with E-state index in [0.29, 0.717) is 31.6 Å². The quantitative estimate of drug-likeness (QED) is 0.878. The molecule has 1 aliphatic rings. The highest BCUT2D eigenvalue weighted by molar-refractivity contribution is 5.19. The number of hydrogen-bond acceptors (Lipinski definition) is 3. The lowest BCUT2D eigenvalue weighted by Gasteiger charge is -2.24. The molecular weight excluding hydrogens is 223 g/mol. The van der Waals surface area contributed by atoms with Crippen LogP contribution in [0, 0.1) is 5.82 Å². The van der Waals surface area contributed by atoms with Gasteiger partial charge in [0, 0.05) is 12.0 Å². The van der Waals surface area contributed by atoms with Crippen molar-refractivity contribution in [3.05, 3.63) is 35.6 Å². The first-order chi connectivity index (χ1) is 8.27. The monoisotopic (exact) mass is 240 g/mol. The minimum Gasteiger partial charge on any atom is -0.388 e. The maximum Gasteiger partial charge on any atom is 0.157 e. The molecule has 1 fully saturated rings. The van der Waals surface area contributed by atoms with E-state index in [0.717, 1.165) is 6.42 Å². The first kappa shape index (κ1) is 12.5. The van der Waals surface area contributed by atoms with E-state index < -0.39 is 6.10 Å². The largest absolute Gasteiger partial charge is 0.388 e. The van der Waals surface area contributed by atoms with Crippen LogP contribution < -0.4 is 0 Å². The number of aliphatic hydroxyl groups excluding tert-OH is 1. The summed E-state index contributed by atoms with van der Waals surface area (Å²) in [6.07, 6.45) is 0.864. The number of benzene rings is 1. The maximum absolute atomic E-state index is 13.4. The first-order valence-corrected chi connectivity index (χ1v) is 5.93. The van der Waals surface area contributed by atoms with Crippen LogP contribution in [0.2, 0.25) is 0 Å². The fourth-order valence-electron chi connectivity index (χ4n) is 1.90. The number of halogens is 1. The normalized spacial score (nSPS) is 19.2. The molecule has 0 aromatic heterocycles. The second-order valence-corrected chi connectivity index (χ2v) is 4.14. The van der Waals surface area contributed by atoms with Gasteiger partial charge in [-0.25, -0.2) is 4.39 Å². The lowest BCUT2D eigenvalue weighted by Crippen LogP contribution is -2.25. The van der Waals surface area contributed by atoms with Gasteiger partial charge in [0.1, 0.15) is 5.82 Å². The van der Waals surface area contributed by atoms with Gasteiger partial charge in [-0.2, -0.15) is 0 Å². The molecule has 1 aromatic rings. The molecule has 17 heavy (non-hydrogen) atoms. The zero-order chi connectivity index (χ0) is 12.1. The molecule has 0 saturated carbocycles. The van der Waals surface area contributed by atoms with Crippen LogP contribution in [0.5, 0.6) is 0 Å². The fraction of sp³-hybridized carbons (Fsp3) is 0.538. The standard InChI is InChI=1S/C13H17FO3/c14-11-5-2-1-4-10(11)12(15)6-7-13-16-8-3-9-17-13/h1-2,4-5,12-13,15H,3,6-9H2/t12-/m0/s1. The van der Waals surface area contributed by atoms with E-state index in [-0.39, 0.29) is 12.1 Å². The first-order valence-electron chi connectivity index (χ1n) is 5.93. The highest BCUT2D eigenvalue weighted by Crippen LogP contribution is 2.23. The van der Waals surface area contributed by atoms with Gasteiger partial charge in [-0.3, -0.25) is 0 Å². The van der Waals surface area contributed by atoms with Crippen molar-refractivity contribution < 1.29 is 19.0 Å². The Bertz CT molecular complexity index is 350. The van der Waals surface area contributed by atoms with Gasteiger partial charge in [-0.1, -0.05) is 18.2 Å². The van der Waals surface area contributed by atoms with E-state index in [2.05, 4.69) is 0 Å². The predicted octanol–water partition coefficient (Wildman–Crippen LogP) is 2.40. The highest BCUT2D eigenvalue weighted by atomic mass is 19.1. The van der Waals surface area contributed by atoms with Gasteiger partial charge in [0.05, 0.1) is 19.3 Å². The lowest BCUT2D eigenvalue weighted by molar-refractivity contribution is -0.183. The van der Waals surface area contributed by atoms with Gasteiger partial charge in [0.25, 0.3) is 0 Å². The van der Waals surface area contributed by atoms with Crippen molar-refractivity contribution in [2.24, 2.45) is 0 Å². The molecule has 0 unspecified atom stereocenters. The van der Waals surface area contributed by atoms with E-state index in [4.69, 9.17) is 9.47 Å². The summed E-state index contributed by atoms with van der Waals surface area (Å²) in [4.78, 5) is 0. The highest BCUT2D eigenvalue weighted by Gasteiger charge is 2.18. The third-order valence-corrected chi connectivity index (χ3v) is 2.84. The molecule has 1 aliphatic heterocycles. The van der Waals surface area contributed by atoms with Crippen LogP contribution in [-0.2, 0) is 9.47 Å². The molecule has 1 N–H and O–H groups in total. The molecule has 1 aromatic carbocycles. The summed E-state index contributed by atoms with van der Waals surface area (Å²) >= 11 is 0. The number of hydrogen-bond donors (Lipinski definition) is 1. The van der Waals surface area contributed by atoms with Gasteiger partial charge in [0.2, 0.25) is 0 Å². The summed E-state index contributed by atoms with van der Waals surface area (Å²) in [5, 5.41) is 9.88. The fourth-order valence-corrected chi connectivity index (χ4v) is 1.90. The van der Waals surface area contributed by atoms with Crippen molar-refractivity contribution in [1.82, 2.24) is 0 Å². The molecule has 0 spiro atoms. The number of rotatable bonds is 4. The molecule has 0 radical (unpaired) electrons. The summed E-state index contributed by atoms with van der Waals surface area (Å²) in [6.45, 7) is 1.39. The van der Waals surface area contributed by atoms with Crippen molar-refractivity contribution in [3.8, 4) is 0 Å². The maximum atomic E-state index is 13.4. The number of aliphatic hydroxyl groups is 1. The summed E-state index contributed by atoms with van der Waals surface area (Å²) < 4.78 is 24.1. The molecule has 0 bridgehead atoms. The third-order valence-electron chi connectivity index (χ3n) is 2.84. The summed E-state index contributed by atoms with van der Waals surface area (Å²) in [5.74, 6) is -0.370. The topological polar surface area (TPSA) is 38.7 Å². The SMILES string of the molecule is O[C@@H](CCC1OCCCO1)c1ccccc1F. The van der Waals surface area contributed by atoms with Crippen molar-refractivity contribution in [2.45, 2.75) is 31.7 Å². The molecule has 2 rings (SSSR count). The molecule has 94 valence electrons. The zero-order valence-electron chi connectivity index (χ0n) is 9.64. The van der Waals surface area contributed by atoms with Crippen molar-refractivity contribution in [3.63, 3.8) is 0 Å². The average Bonchev–Trinajstić information content (AvgIpc) is 2.38. The molecule has 1 heterocycles. The molecule has 1 saturated heterocycles. The van der Waals surface area contributed by atoms with Crippen molar-refractivity contribution in [1.29, 1.82) is 0 Å². The van der Waals surface area contributed by atoms with E-state index in [1.165, 1.54) is 6.07 Å². The van der Waals surface area contributed by atoms with Crippen LogP contribution >= 0.6 is 0 Å². The smallest absolute Gasteiger partial charge is 0.157 e.